The predicted molar refractivity (Wildman–Crippen MR) is 72.6 cm³/mol. The minimum atomic E-state index is 0.193. The van der Waals surface area contributed by atoms with Crippen molar-refractivity contribution in [3.05, 3.63) is 23.8 Å². The van der Waals surface area contributed by atoms with Crippen LogP contribution in [0.3, 0.4) is 0 Å². The van der Waals surface area contributed by atoms with Gasteiger partial charge in [-0.2, -0.15) is 0 Å². The third-order valence-electron chi connectivity index (χ3n) is 3.36. The summed E-state index contributed by atoms with van der Waals surface area (Å²) in [5.41, 5.74) is 1.12. The van der Waals surface area contributed by atoms with Crippen LogP contribution < -0.4 is 9.47 Å². The maximum absolute atomic E-state index is 10.3. The maximum atomic E-state index is 10.3. The Kier molecular flexibility index (Phi) is 4.58. The van der Waals surface area contributed by atoms with Crippen molar-refractivity contribution in [2.45, 2.75) is 26.2 Å². The Balaban J connectivity index is 2.27. The molecular formula is C15H19NO3. The van der Waals surface area contributed by atoms with Gasteiger partial charge in [0.15, 0.2) is 11.5 Å². The zero-order valence-corrected chi connectivity index (χ0v) is 11.4. The van der Waals surface area contributed by atoms with Crippen LogP contribution in [-0.4, -0.2) is 25.8 Å². The Morgan fingerprint density at radius 2 is 2.00 bits per heavy atom. The average molecular weight is 261 g/mol. The Hall–Kier alpha value is -1.80. The first kappa shape index (κ1) is 13.6. The van der Waals surface area contributed by atoms with Crippen LogP contribution in [0.2, 0.25) is 0 Å². The molecule has 1 aromatic rings. The van der Waals surface area contributed by atoms with E-state index >= 15 is 0 Å². The summed E-state index contributed by atoms with van der Waals surface area (Å²) in [5.74, 6) is 2.17. The summed E-state index contributed by atoms with van der Waals surface area (Å²) in [6.07, 6.45) is 2.51. The molecule has 0 aromatic heterocycles. The van der Waals surface area contributed by atoms with E-state index in [2.05, 4.69) is 18.8 Å². The predicted octanol–water partition coefficient (Wildman–Crippen LogP) is 2.92. The van der Waals surface area contributed by atoms with Crippen molar-refractivity contribution >= 4 is 6.08 Å². The molecule has 0 saturated heterocycles. The largest absolute Gasteiger partial charge is 0.490 e. The third-order valence-corrected chi connectivity index (χ3v) is 3.36. The van der Waals surface area contributed by atoms with Gasteiger partial charge >= 0.3 is 0 Å². The topological polar surface area (TPSA) is 47.9 Å². The van der Waals surface area contributed by atoms with Crippen LogP contribution >= 0.6 is 0 Å². The smallest absolute Gasteiger partial charge is 0.234 e. The van der Waals surface area contributed by atoms with Crippen LogP contribution in [0.1, 0.15) is 31.7 Å². The van der Waals surface area contributed by atoms with Crippen molar-refractivity contribution in [3.8, 4) is 11.5 Å². The van der Waals surface area contributed by atoms with E-state index in [0.29, 0.717) is 25.7 Å². The molecule has 4 heteroatoms. The van der Waals surface area contributed by atoms with Crippen molar-refractivity contribution in [1.29, 1.82) is 0 Å². The summed E-state index contributed by atoms with van der Waals surface area (Å²) in [7, 11) is 0. The molecule has 102 valence electrons. The molecule has 2 rings (SSSR count). The van der Waals surface area contributed by atoms with Crippen molar-refractivity contribution in [2.24, 2.45) is 10.9 Å². The minimum absolute atomic E-state index is 0.193. The van der Waals surface area contributed by atoms with Gasteiger partial charge in [-0.25, -0.2) is 9.79 Å². The molecular weight excluding hydrogens is 242 g/mol. The van der Waals surface area contributed by atoms with E-state index in [9.17, 15) is 4.79 Å². The number of benzene rings is 1. The summed E-state index contributed by atoms with van der Waals surface area (Å²) < 4.78 is 11.3. The molecule has 1 aromatic carbocycles. The molecule has 0 fully saturated rings. The zero-order chi connectivity index (χ0) is 13.7. The fourth-order valence-corrected chi connectivity index (χ4v) is 2.25. The van der Waals surface area contributed by atoms with Crippen LogP contribution in [0.4, 0.5) is 0 Å². The van der Waals surface area contributed by atoms with Gasteiger partial charge in [-0.3, -0.25) is 0 Å². The van der Waals surface area contributed by atoms with E-state index in [4.69, 9.17) is 9.47 Å². The highest BCUT2D eigenvalue weighted by atomic mass is 16.5. The van der Waals surface area contributed by atoms with Gasteiger partial charge in [-0.15, -0.1) is 0 Å². The molecule has 0 amide bonds. The number of isocyanates is 1. The Morgan fingerprint density at radius 1 is 1.26 bits per heavy atom. The van der Waals surface area contributed by atoms with E-state index < -0.39 is 0 Å². The molecule has 1 unspecified atom stereocenters. The second-order valence-electron chi connectivity index (χ2n) is 5.04. The lowest BCUT2D eigenvalue weighted by molar-refractivity contribution is 0.297. The number of nitrogens with zero attached hydrogens (tertiary/aromatic N) is 1. The third kappa shape index (κ3) is 3.36. The summed E-state index contributed by atoms with van der Waals surface area (Å²) in [5, 5.41) is 0. The van der Waals surface area contributed by atoms with Gasteiger partial charge < -0.3 is 9.47 Å². The maximum Gasteiger partial charge on any atom is 0.234 e. The fourth-order valence-electron chi connectivity index (χ4n) is 2.25. The molecule has 19 heavy (non-hydrogen) atoms. The summed E-state index contributed by atoms with van der Waals surface area (Å²) in [6, 6.07) is 5.97. The lowest BCUT2D eigenvalue weighted by Gasteiger charge is -2.20. The highest BCUT2D eigenvalue weighted by Gasteiger charge is 2.19. The van der Waals surface area contributed by atoms with Crippen molar-refractivity contribution in [2.75, 3.05) is 19.8 Å². The first-order valence-corrected chi connectivity index (χ1v) is 6.65. The Bertz CT molecular complexity index is 478. The fraction of sp³-hybridized carbons (Fsp3) is 0.533. The molecule has 0 bridgehead atoms. The van der Waals surface area contributed by atoms with E-state index in [1.165, 1.54) is 0 Å². The first-order chi connectivity index (χ1) is 9.22. The molecule has 1 atom stereocenters. The number of hydrogen-bond donors (Lipinski definition) is 0. The van der Waals surface area contributed by atoms with Crippen LogP contribution in [0.5, 0.6) is 11.5 Å². The molecule has 1 aliphatic rings. The molecule has 1 heterocycles. The number of ether oxygens (including phenoxy) is 2. The van der Waals surface area contributed by atoms with Crippen molar-refractivity contribution < 1.29 is 14.3 Å². The first-order valence-electron chi connectivity index (χ1n) is 6.65. The molecule has 0 aliphatic carbocycles. The summed E-state index contributed by atoms with van der Waals surface area (Å²) in [6.45, 7) is 6.06. The summed E-state index contributed by atoms with van der Waals surface area (Å²) in [4.78, 5) is 14.0. The van der Waals surface area contributed by atoms with Gasteiger partial charge in [-0.1, -0.05) is 19.9 Å². The van der Waals surface area contributed by atoms with E-state index in [-0.39, 0.29) is 5.92 Å². The number of rotatable bonds is 4. The van der Waals surface area contributed by atoms with E-state index in [1.807, 2.05) is 18.2 Å². The number of fused-ring (bicyclic) bond motifs is 1. The SMILES string of the molecule is CC(C)C(CN=C=O)c1ccc2c(c1)OCCCO2. The molecule has 0 spiro atoms. The monoisotopic (exact) mass is 261 g/mol. The minimum Gasteiger partial charge on any atom is -0.490 e. The van der Waals surface area contributed by atoms with Gasteiger partial charge in [0.05, 0.1) is 19.8 Å². The van der Waals surface area contributed by atoms with Crippen LogP contribution in [-0.2, 0) is 4.79 Å². The van der Waals surface area contributed by atoms with Gasteiger partial charge in [0.1, 0.15) is 0 Å². The van der Waals surface area contributed by atoms with E-state index in [0.717, 1.165) is 23.5 Å². The number of carbonyl (C=O) groups excluding carboxylic acids is 1. The lowest BCUT2D eigenvalue weighted by atomic mass is 9.88. The normalized spacial score (nSPS) is 15.5. The van der Waals surface area contributed by atoms with Gasteiger partial charge in [0.2, 0.25) is 6.08 Å². The second-order valence-corrected chi connectivity index (χ2v) is 5.04. The quantitative estimate of drug-likeness (QED) is 0.618. The molecule has 1 aliphatic heterocycles. The van der Waals surface area contributed by atoms with Gasteiger partial charge in [0.25, 0.3) is 0 Å². The standard InChI is InChI=1S/C15H19NO3/c1-11(2)13(9-16-10-17)12-4-5-14-15(8-12)19-7-3-6-18-14/h4-5,8,11,13H,3,6-7,9H2,1-2H3. The highest BCUT2D eigenvalue weighted by Crippen LogP contribution is 2.35. The molecule has 4 nitrogen and oxygen atoms in total. The zero-order valence-electron chi connectivity index (χ0n) is 11.4. The van der Waals surface area contributed by atoms with Gasteiger partial charge in [0, 0.05) is 12.3 Å². The molecule has 0 N–H and O–H groups in total. The number of hydrogen-bond acceptors (Lipinski definition) is 4. The van der Waals surface area contributed by atoms with Crippen molar-refractivity contribution in [3.63, 3.8) is 0 Å². The summed E-state index contributed by atoms with van der Waals surface area (Å²) >= 11 is 0. The lowest BCUT2D eigenvalue weighted by Crippen LogP contribution is -2.10. The highest BCUT2D eigenvalue weighted by molar-refractivity contribution is 5.44. The van der Waals surface area contributed by atoms with E-state index in [1.54, 1.807) is 6.08 Å². The van der Waals surface area contributed by atoms with Crippen LogP contribution in [0.25, 0.3) is 0 Å². The Labute approximate surface area is 113 Å². The second kappa shape index (κ2) is 6.39. The molecule has 0 radical (unpaired) electrons. The van der Waals surface area contributed by atoms with Crippen LogP contribution in [0, 0.1) is 5.92 Å². The average Bonchev–Trinajstić information content (AvgIpc) is 2.63. The number of aliphatic imine (C=N–C) groups is 1. The molecule has 0 saturated carbocycles. The van der Waals surface area contributed by atoms with Crippen LogP contribution in [0.15, 0.2) is 23.2 Å². The Morgan fingerprint density at radius 3 is 2.68 bits per heavy atom. The van der Waals surface area contributed by atoms with Gasteiger partial charge in [-0.05, 0) is 23.6 Å². The van der Waals surface area contributed by atoms with Crippen molar-refractivity contribution in [1.82, 2.24) is 0 Å².